The summed E-state index contributed by atoms with van der Waals surface area (Å²) in [4.78, 5) is 17.0. The van der Waals surface area contributed by atoms with E-state index in [-0.39, 0.29) is 23.7 Å². The number of hydrogen-bond acceptors (Lipinski definition) is 4. The molecular formula is C24H20Cl2N2O2. The number of ketones is 1. The van der Waals surface area contributed by atoms with Crippen molar-refractivity contribution in [3.63, 3.8) is 0 Å². The molecule has 0 spiro atoms. The second-order valence-corrected chi connectivity index (χ2v) is 8.51. The van der Waals surface area contributed by atoms with Crippen LogP contribution in [0.2, 0.25) is 10.2 Å². The van der Waals surface area contributed by atoms with Gasteiger partial charge >= 0.3 is 0 Å². The Hall–Kier alpha value is -2.53. The van der Waals surface area contributed by atoms with Crippen molar-refractivity contribution < 1.29 is 9.53 Å². The molecule has 1 heterocycles. The Labute approximate surface area is 186 Å². The Morgan fingerprint density at radius 3 is 2.57 bits per heavy atom. The van der Waals surface area contributed by atoms with Gasteiger partial charge in [-0.05, 0) is 62.8 Å². The van der Waals surface area contributed by atoms with Crippen LogP contribution < -0.4 is 4.74 Å². The number of benzene rings is 1. The summed E-state index contributed by atoms with van der Waals surface area (Å²) in [5, 5.41) is 9.80. The molecule has 0 radical (unpaired) electrons. The zero-order chi connectivity index (χ0) is 21.1. The van der Waals surface area contributed by atoms with E-state index >= 15 is 0 Å². The Bertz CT molecular complexity index is 1070. The number of pyridine rings is 1. The number of halogens is 2. The summed E-state index contributed by atoms with van der Waals surface area (Å²) in [7, 11) is 0. The van der Waals surface area contributed by atoms with E-state index in [0.717, 1.165) is 37.8 Å². The maximum Gasteiger partial charge on any atom is 0.179 e. The van der Waals surface area contributed by atoms with E-state index in [1.807, 2.05) is 6.07 Å². The number of nitriles is 1. The Morgan fingerprint density at radius 1 is 1.03 bits per heavy atom. The molecule has 0 aliphatic heterocycles. The zero-order valence-electron chi connectivity index (χ0n) is 16.3. The van der Waals surface area contributed by atoms with Crippen molar-refractivity contribution in [3.05, 3.63) is 57.3 Å². The van der Waals surface area contributed by atoms with Crippen LogP contribution in [-0.2, 0) is 6.42 Å². The van der Waals surface area contributed by atoms with Crippen LogP contribution >= 0.6 is 23.2 Å². The van der Waals surface area contributed by atoms with Gasteiger partial charge in [0.05, 0.1) is 28.3 Å². The van der Waals surface area contributed by atoms with E-state index in [0.29, 0.717) is 33.5 Å². The highest BCUT2D eigenvalue weighted by atomic mass is 35.5. The maximum atomic E-state index is 12.7. The summed E-state index contributed by atoms with van der Waals surface area (Å²) < 4.78 is 6.03. The van der Waals surface area contributed by atoms with Crippen molar-refractivity contribution >= 4 is 29.0 Å². The van der Waals surface area contributed by atoms with Gasteiger partial charge in [-0.15, -0.1) is 0 Å². The molecule has 6 heteroatoms. The van der Waals surface area contributed by atoms with Gasteiger partial charge in [0, 0.05) is 17.5 Å². The van der Waals surface area contributed by atoms with E-state index in [4.69, 9.17) is 33.2 Å². The van der Waals surface area contributed by atoms with Crippen molar-refractivity contribution in [1.29, 1.82) is 5.26 Å². The fourth-order valence-corrected chi connectivity index (χ4v) is 4.40. The van der Waals surface area contributed by atoms with Crippen molar-refractivity contribution in [2.45, 2.75) is 44.6 Å². The number of carbonyl (C=O) groups excluding carboxylic acids is 1. The molecule has 1 unspecified atom stereocenters. The summed E-state index contributed by atoms with van der Waals surface area (Å²) in [6.45, 7) is 0. The Kier molecular flexibility index (Phi) is 6.28. The quantitative estimate of drug-likeness (QED) is 0.448. The molecular weight excluding hydrogens is 419 g/mol. The van der Waals surface area contributed by atoms with Gasteiger partial charge in [-0.25, -0.2) is 4.98 Å². The normalized spacial score (nSPS) is 23.0. The average Bonchev–Trinajstić information content (AvgIpc) is 2.74. The second kappa shape index (κ2) is 9.09. The van der Waals surface area contributed by atoms with Gasteiger partial charge < -0.3 is 4.74 Å². The molecule has 4 rings (SSSR count). The third-order valence-electron chi connectivity index (χ3n) is 5.69. The SMILES string of the molecule is N#Cc1ccc(O[C@H]2CC[C@H](C#CC3CCc4nc(Cl)ccc4C3=O)CC2)cc1Cl. The highest BCUT2D eigenvalue weighted by Crippen LogP contribution is 2.30. The molecule has 0 N–H and O–H groups in total. The van der Waals surface area contributed by atoms with Crippen LogP contribution in [-0.4, -0.2) is 16.9 Å². The standard InChI is InChI=1S/C24H20Cl2N2O2/c25-21-13-19(9-5-17(21)14-27)30-18-7-2-15(3-8-18)1-4-16-6-11-22-20(24(16)29)10-12-23(26)28-22/h5,9-10,12-13,15-16,18H,2-3,6-8,11H2/t15-,16?,18-. The van der Waals surface area contributed by atoms with Crippen LogP contribution in [0.4, 0.5) is 0 Å². The molecule has 4 nitrogen and oxygen atoms in total. The van der Waals surface area contributed by atoms with Gasteiger partial charge in [0.15, 0.2) is 5.78 Å². The lowest BCUT2D eigenvalue weighted by atomic mass is 9.84. The van der Waals surface area contributed by atoms with Crippen LogP contribution in [0.3, 0.4) is 0 Å². The first-order chi connectivity index (χ1) is 14.5. The van der Waals surface area contributed by atoms with Crippen LogP contribution in [0.25, 0.3) is 0 Å². The Morgan fingerprint density at radius 2 is 1.83 bits per heavy atom. The topological polar surface area (TPSA) is 63.0 Å². The summed E-state index contributed by atoms with van der Waals surface area (Å²) in [6, 6.07) is 10.6. The Balaban J connectivity index is 1.32. The summed E-state index contributed by atoms with van der Waals surface area (Å²) >= 11 is 12.0. The molecule has 1 saturated carbocycles. The number of aromatic nitrogens is 1. The molecule has 2 aromatic rings. The third kappa shape index (κ3) is 4.62. The minimum absolute atomic E-state index is 0.0580. The fourth-order valence-electron chi connectivity index (χ4n) is 4.02. The van der Waals surface area contributed by atoms with Gasteiger partial charge in [-0.1, -0.05) is 35.0 Å². The molecule has 1 aromatic carbocycles. The van der Waals surface area contributed by atoms with Crippen LogP contribution in [0.1, 0.15) is 53.7 Å². The van der Waals surface area contributed by atoms with Crippen molar-refractivity contribution in [3.8, 4) is 23.7 Å². The molecule has 0 saturated heterocycles. The minimum atomic E-state index is -0.254. The number of aryl methyl sites for hydroxylation is 1. The largest absolute Gasteiger partial charge is 0.490 e. The van der Waals surface area contributed by atoms with Crippen LogP contribution in [0.5, 0.6) is 5.75 Å². The number of hydrogen-bond donors (Lipinski definition) is 0. The number of ether oxygens (including phenoxy) is 1. The third-order valence-corrected chi connectivity index (χ3v) is 6.21. The fraction of sp³-hybridized carbons (Fsp3) is 0.375. The van der Waals surface area contributed by atoms with Gasteiger partial charge in [-0.3, -0.25) is 4.79 Å². The van der Waals surface area contributed by atoms with E-state index in [2.05, 4.69) is 16.8 Å². The second-order valence-electron chi connectivity index (χ2n) is 7.72. The van der Waals surface area contributed by atoms with E-state index < -0.39 is 0 Å². The van der Waals surface area contributed by atoms with E-state index in [1.54, 1.807) is 30.3 Å². The van der Waals surface area contributed by atoms with E-state index in [1.165, 1.54) is 0 Å². The maximum absolute atomic E-state index is 12.7. The number of nitrogens with zero attached hydrogens (tertiary/aromatic N) is 2. The van der Waals surface area contributed by atoms with Crippen LogP contribution in [0.15, 0.2) is 30.3 Å². The number of fused-ring (bicyclic) bond motifs is 1. The molecule has 2 aliphatic carbocycles. The first-order valence-electron chi connectivity index (χ1n) is 10.1. The summed E-state index contributed by atoms with van der Waals surface area (Å²) in [6.07, 6.45) is 5.23. The predicted molar refractivity (Wildman–Crippen MR) is 116 cm³/mol. The first-order valence-corrected chi connectivity index (χ1v) is 10.9. The molecule has 30 heavy (non-hydrogen) atoms. The van der Waals surface area contributed by atoms with Crippen LogP contribution in [0, 0.1) is 35.0 Å². The molecule has 0 amide bonds. The molecule has 152 valence electrons. The monoisotopic (exact) mass is 438 g/mol. The first kappa shape index (κ1) is 20.7. The number of rotatable bonds is 2. The van der Waals surface area contributed by atoms with E-state index in [9.17, 15) is 4.79 Å². The summed E-state index contributed by atoms with van der Waals surface area (Å²) in [5.41, 5.74) is 1.89. The van der Waals surface area contributed by atoms with Gasteiger partial charge in [0.1, 0.15) is 17.0 Å². The number of carbonyl (C=O) groups is 1. The van der Waals surface area contributed by atoms with Gasteiger partial charge in [0.25, 0.3) is 0 Å². The molecule has 1 fully saturated rings. The highest BCUT2D eigenvalue weighted by Gasteiger charge is 2.28. The molecule has 1 aromatic heterocycles. The summed E-state index contributed by atoms with van der Waals surface area (Å²) in [5.74, 6) is 7.35. The minimum Gasteiger partial charge on any atom is -0.490 e. The lowest BCUT2D eigenvalue weighted by Crippen LogP contribution is -2.24. The van der Waals surface area contributed by atoms with Gasteiger partial charge in [-0.2, -0.15) is 5.26 Å². The lowest BCUT2D eigenvalue weighted by Gasteiger charge is -2.26. The predicted octanol–water partition coefficient (Wildman–Crippen LogP) is 5.65. The number of Topliss-reactive ketones (excluding diaryl/α,β-unsaturated/α-hetero) is 1. The van der Waals surface area contributed by atoms with Crippen molar-refractivity contribution in [2.75, 3.05) is 0 Å². The zero-order valence-corrected chi connectivity index (χ0v) is 17.8. The lowest BCUT2D eigenvalue weighted by molar-refractivity contribution is 0.0934. The molecule has 1 atom stereocenters. The highest BCUT2D eigenvalue weighted by molar-refractivity contribution is 6.31. The average molecular weight is 439 g/mol. The molecule has 2 aliphatic rings. The van der Waals surface area contributed by atoms with Crippen molar-refractivity contribution in [2.24, 2.45) is 11.8 Å². The smallest absolute Gasteiger partial charge is 0.179 e. The van der Waals surface area contributed by atoms with Crippen molar-refractivity contribution in [1.82, 2.24) is 4.98 Å². The van der Waals surface area contributed by atoms with Gasteiger partial charge in [0.2, 0.25) is 0 Å². The molecule has 0 bridgehead atoms.